The van der Waals surface area contributed by atoms with Crippen LogP contribution in [0.5, 0.6) is 0 Å². The van der Waals surface area contributed by atoms with Crippen LogP contribution in [0.2, 0.25) is 0 Å². The lowest BCUT2D eigenvalue weighted by molar-refractivity contribution is -0.124. The van der Waals surface area contributed by atoms with Crippen LogP contribution in [-0.4, -0.2) is 54.5 Å². The van der Waals surface area contributed by atoms with Gasteiger partial charge in [-0.2, -0.15) is 0 Å². The molecule has 0 aliphatic carbocycles. The van der Waals surface area contributed by atoms with E-state index in [0.29, 0.717) is 12.0 Å². The number of piperidine rings is 1. The molecule has 25 heavy (non-hydrogen) atoms. The molecule has 1 aromatic carbocycles. The van der Waals surface area contributed by atoms with Gasteiger partial charge in [0, 0.05) is 44.7 Å². The molecule has 3 rings (SSSR count). The van der Waals surface area contributed by atoms with E-state index >= 15 is 0 Å². The van der Waals surface area contributed by atoms with Crippen LogP contribution in [0.3, 0.4) is 0 Å². The number of likely N-dealkylation sites (tertiary alicyclic amines) is 2. The molecule has 0 bridgehead atoms. The highest BCUT2D eigenvalue weighted by atomic mass is 16.1. The van der Waals surface area contributed by atoms with Crippen LogP contribution in [0.1, 0.15) is 38.7 Å². The molecule has 1 amide bonds. The SMILES string of the molecule is CC(C)C(=O)NC[C@H]1CCCN([C@H]2CCN(Cc3ccccc3)C2)C1. The third-order valence-electron chi connectivity index (χ3n) is 5.65. The number of hydrogen-bond donors (Lipinski definition) is 1. The topological polar surface area (TPSA) is 35.6 Å². The van der Waals surface area contributed by atoms with Crippen molar-refractivity contribution in [3.05, 3.63) is 35.9 Å². The molecule has 2 fully saturated rings. The molecular weight excluding hydrogens is 310 g/mol. The van der Waals surface area contributed by atoms with Crippen LogP contribution >= 0.6 is 0 Å². The predicted molar refractivity (Wildman–Crippen MR) is 102 cm³/mol. The van der Waals surface area contributed by atoms with Crippen LogP contribution in [0.4, 0.5) is 0 Å². The van der Waals surface area contributed by atoms with Crippen LogP contribution in [0.15, 0.2) is 30.3 Å². The third kappa shape index (κ3) is 5.29. The standard InChI is InChI=1S/C21H33N3O/c1-17(2)21(25)22-13-19-9-6-11-24(15-19)20-10-12-23(16-20)14-18-7-4-3-5-8-18/h3-5,7-8,17,19-20H,6,9-16H2,1-2H3,(H,22,25)/t19-,20+/m1/s1. The molecule has 2 heterocycles. The number of benzene rings is 1. The fourth-order valence-corrected chi connectivity index (χ4v) is 4.14. The zero-order chi connectivity index (χ0) is 17.6. The van der Waals surface area contributed by atoms with Gasteiger partial charge in [-0.25, -0.2) is 0 Å². The molecule has 138 valence electrons. The highest BCUT2D eigenvalue weighted by Crippen LogP contribution is 2.24. The average Bonchev–Trinajstić information content (AvgIpc) is 3.09. The van der Waals surface area contributed by atoms with Gasteiger partial charge < -0.3 is 5.32 Å². The Morgan fingerprint density at radius 3 is 2.72 bits per heavy atom. The predicted octanol–water partition coefficient (Wildman–Crippen LogP) is 2.75. The number of carbonyl (C=O) groups is 1. The first-order chi connectivity index (χ1) is 12.1. The molecule has 0 aromatic heterocycles. The lowest BCUT2D eigenvalue weighted by Gasteiger charge is -2.37. The third-order valence-corrected chi connectivity index (χ3v) is 5.65. The quantitative estimate of drug-likeness (QED) is 0.863. The van der Waals surface area contributed by atoms with E-state index in [0.717, 1.165) is 19.6 Å². The van der Waals surface area contributed by atoms with Gasteiger partial charge in [0.1, 0.15) is 0 Å². The van der Waals surface area contributed by atoms with Gasteiger partial charge in [0.2, 0.25) is 5.91 Å². The first-order valence-corrected chi connectivity index (χ1v) is 9.90. The maximum Gasteiger partial charge on any atom is 0.222 e. The summed E-state index contributed by atoms with van der Waals surface area (Å²) in [5, 5.41) is 3.13. The molecule has 0 radical (unpaired) electrons. The minimum atomic E-state index is 0.0843. The van der Waals surface area contributed by atoms with E-state index in [1.165, 1.54) is 44.5 Å². The molecule has 4 heteroatoms. The summed E-state index contributed by atoms with van der Waals surface area (Å²) in [5.41, 5.74) is 1.41. The van der Waals surface area contributed by atoms with Crippen LogP contribution in [-0.2, 0) is 11.3 Å². The molecule has 2 saturated heterocycles. The van der Waals surface area contributed by atoms with Gasteiger partial charge >= 0.3 is 0 Å². The molecule has 2 aliphatic rings. The zero-order valence-corrected chi connectivity index (χ0v) is 15.8. The number of carbonyl (C=O) groups excluding carboxylic acids is 1. The number of rotatable bonds is 6. The number of nitrogens with zero attached hydrogens (tertiary/aromatic N) is 2. The van der Waals surface area contributed by atoms with Crippen LogP contribution in [0, 0.1) is 11.8 Å². The maximum absolute atomic E-state index is 11.8. The lowest BCUT2D eigenvalue weighted by Crippen LogP contribution is -2.46. The van der Waals surface area contributed by atoms with Crippen molar-refractivity contribution in [2.45, 2.75) is 45.7 Å². The van der Waals surface area contributed by atoms with Crippen molar-refractivity contribution in [1.29, 1.82) is 0 Å². The van der Waals surface area contributed by atoms with Crippen molar-refractivity contribution in [2.75, 3.05) is 32.7 Å². The van der Waals surface area contributed by atoms with Crippen molar-refractivity contribution >= 4 is 5.91 Å². The second-order valence-electron chi connectivity index (χ2n) is 8.07. The normalized spacial score (nSPS) is 25.4. The van der Waals surface area contributed by atoms with Gasteiger partial charge in [-0.05, 0) is 37.3 Å². The van der Waals surface area contributed by atoms with Gasteiger partial charge in [-0.3, -0.25) is 14.6 Å². The summed E-state index contributed by atoms with van der Waals surface area (Å²) in [6.45, 7) is 10.6. The first-order valence-electron chi connectivity index (χ1n) is 9.90. The number of amides is 1. The fourth-order valence-electron chi connectivity index (χ4n) is 4.14. The summed E-state index contributed by atoms with van der Waals surface area (Å²) in [5.74, 6) is 0.882. The molecule has 0 saturated carbocycles. The molecule has 1 aromatic rings. The first kappa shape index (κ1) is 18.4. The number of nitrogens with one attached hydrogen (secondary N) is 1. The Labute approximate surface area is 152 Å². The lowest BCUT2D eigenvalue weighted by atomic mass is 9.96. The molecule has 2 aliphatic heterocycles. The van der Waals surface area contributed by atoms with Crippen molar-refractivity contribution in [3.8, 4) is 0 Å². The van der Waals surface area contributed by atoms with Gasteiger partial charge in [-0.15, -0.1) is 0 Å². The minimum Gasteiger partial charge on any atom is -0.356 e. The summed E-state index contributed by atoms with van der Waals surface area (Å²) in [6.07, 6.45) is 3.78. The second-order valence-corrected chi connectivity index (χ2v) is 8.07. The summed E-state index contributed by atoms with van der Waals surface area (Å²) in [4.78, 5) is 17.1. The smallest absolute Gasteiger partial charge is 0.222 e. The van der Waals surface area contributed by atoms with E-state index in [2.05, 4.69) is 45.4 Å². The zero-order valence-electron chi connectivity index (χ0n) is 15.8. The molecule has 0 spiro atoms. The fraction of sp³-hybridized carbons (Fsp3) is 0.667. The highest BCUT2D eigenvalue weighted by Gasteiger charge is 2.31. The summed E-state index contributed by atoms with van der Waals surface area (Å²) in [7, 11) is 0. The summed E-state index contributed by atoms with van der Waals surface area (Å²) in [6, 6.07) is 11.5. The molecule has 0 unspecified atom stereocenters. The molecular formula is C21H33N3O. The maximum atomic E-state index is 11.8. The van der Waals surface area contributed by atoms with Crippen molar-refractivity contribution in [2.24, 2.45) is 11.8 Å². The molecule has 1 N–H and O–H groups in total. The van der Waals surface area contributed by atoms with E-state index in [1.54, 1.807) is 0 Å². The van der Waals surface area contributed by atoms with Crippen LogP contribution < -0.4 is 5.32 Å². The van der Waals surface area contributed by atoms with E-state index in [1.807, 2.05) is 13.8 Å². The monoisotopic (exact) mass is 343 g/mol. The summed E-state index contributed by atoms with van der Waals surface area (Å²) < 4.78 is 0. The van der Waals surface area contributed by atoms with Gasteiger partial charge in [0.05, 0.1) is 0 Å². The Morgan fingerprint density at radius 2 is 1.96 bits per heavy atom. The van der Waals surface area contributed by atoms with Gasteiger partial charge in [-0.1, -0.05) is 44.2 Å². The average molecular weight is 344 g/mol. The Balaban J connectivity index is 1.45. The van der Waals surface area contributed by atoms with Gasteiger partial charge in [0.15, 0.2) is 0 Å². The van der Waals surface area contributed by atoms with Crippen molar-refractivity contribution < 1.29 is 4.79 Å². The number of hydrogen-bond acceptors (Lipinski definition) is 3. The molecule has 2 atom stereocenters. The van der Waals surface area contributed by atoms with Crippen molar-refractivity contribution in [1.82, 2.24) is 15.1 Å². The van der Waals surface area contributed by atoms with E-state index < -0.39 is 0 Å². The largest absolute Gasteiger partial charge is 0.356 e. The van der Waals surface area contributed by atoms with E-state index in [4.69, 9.17) is 0 Å². The Kier molecular flexibility index (Phi) is 6.49. The van der Waals surface area contributed by atoms with E-state index in [-0.39, 0.29) is 11.8 Å². The van der Waals surface area contributed by atoms with E-state index in [9.17, 15) is 4.79 Å². The summed E-state index contributed by atoms with van der Waals surface area (Å²) >= 11 is 0. The Bertz CT molecular complexity index is 545. The Morgan fingerprint density at radius 1 is 1.16 bits per heavy atom. The minimum absolute atomic E-state index is 0.0843. The molecule has 4 nitrogen and oxygen atoms in total. The van der Waals surface area contributed by atoms with Crippen molar-refractivity contribution in [3.63, 3.8) is 0 Å². The Hall–Kier alpha value is -1.39. The van der Waals surface area contributed by atoms with Crippen LogP contribution in [0.25, 0.3) is 0 Å². The highest BCUT2D eigenvalue weighted by molar-refractivity contribution is 5.77. The van der Waals surface area contributed by atoms with Gasteiger partial charge in [0.25, 0.3) is 0 Å². The second kappa shape index (κ2) is 8.81.